The highest BCUT2D eigenvalue weighted by Crippen LogP contribution is 2.29. The smallest absolute Gasteiger partial charge is 0.357 e. The Labute approximate surface area is 149 Å². The molecule has 3 rings (SSSR count). The van der Waals surface area contributed by atoms with Crippen LogP contribution in [0.15, 0.2) is 36.1 Å². The van der Waals surface area contributed by atoms with Gasteiger partial charge < -0.3 is 19.4 Å². The van der Waals surface area contributed by atoms with Crippen molar-refractivity contribution >= 4 is 28.1 Å². The number of methoxy groups -OCH3 is 1. The number of hydrogen-bond donors (Lipinski definition) is 1. The van der Waals surface area contributed by atoms with Crippen LogP contribution in [-0.2, 0) is 4.74 Å². The molecule has 1 N–H and O–H groups in total. The average molecular weight is 358 g/mol. The Bertz CT molecular complexity index is 888. The van der Waals surface area contributed by atoms with Gasteiger partial charge in [-0.05, 0) is 26.0 Å². The van der Waals surface area contributed by atoms with Gasteiger partial charge >= 0.3 is 5.97 Å². The van der Waals surface area contributed by atoms with Crippen molar-refractivity contribution in [3.63, 3.8) is 0 Å². The molecule has 0 amide bonds. The minimum atomic E-state index is -0.421. The van der Waals surface area contributed by atoms with Crippen LogP contribution in [-0.4, -0.2) is 34.2 Å². The molecule has 3 aromatic rings. The van der Waals surface area contributed by atoms with Crippen molar-refractivity contribution in [3.8, 4) is 11.4 Å². The van der Waals surface area contributed by atoms with Gasteiger partial charge in [0.2, 0.25) is 0 Å². The number of thiazole rings is 1. The molecule has 8 heteroatoms. The fourth-order valence-corrected chi connectivity index (χ4v) is 2.98. The Morgan fingerprint density at radius 2 is 2.24 bits per heavy atom. The van der Waals surface area contributed by atoms with Crippen LogP contribution in [0.5, 0.6) is 5.75 Å². The summed E-state index contributed by atoms with van der Waals surface area (Å²) in [5.41, 5.74) is 2.92. The predicted molar refractivity (Wildman–Crippen MR) is 96.2 cm³/mol. The van der Waals surface area contributed by atoms with Crippen LogP contribution in [0.1, 0.15) is 23.1 Å². The number of nitrogens with zero attached hydrogens (tertiary/aromatic N) is 3. The summed E-state index contributed by atoms with van der Waals surface area (Å²) in [6.07, 6.45) is 3.67. The predicted octanol–water partition coefficient (Wildman–Crippen LogP) is 3.57. The molecule has 0 saturated carbocycles. The normalized spacial score (nSPS) is 10.5. The zero-order valence-electron chi connectivity index (χ0n) is 14.1. The van der Waals surface area contributed by atoms with E-state index in [1.807, 2.05) is 35.9 Å². The number of benzene rings is 1. The summed E-state index contributed by atoms with van der Waals surface area (Å²) in [5.74, 6) is 0.278. The van der Waals surface area contributed by atoms with Crippen molar-refractivity contribution < 1.29 is 14.3 Å². The number of hydrogen-bond acceptors (Lipinski definition) is 7. The van der Waals surface area contributed by atoms with E-state index in [1.165, 1.54) is 11.3 Å². The van der Waals surface area contributed by atoms with Crippen molar-refractivity contribution in [1.82, 2.24) is 14.5 Å². The van der Waals surface area contributed by atoms with E-state index in [4.69, 9.17) is 9.47 Å². The van der Waals surface area contributed by atoms with Gasteiger partial charge in [-0.1, -0.05) is 0 Å². The summed E-state index contributed by atoms with van der Waals surface area (Å²) in [5, 5.41) is 5.45. The van der Waals surface area contributed by atoms with E-state index in [0.29, 0.717) is 23.2 Å². The van der Waals surface area contributed by atoms with Gasteiger partial charge in [-0.2, -0.15) is 0 Å². The lowest BCUT2D eigenvalue weighted by Gasteiger charge is -2.11. The molecule has 0 radical (unpaired) electrons. The Kier molecular flexibility index (Phi) is 4.99. The molecule has 0 saturated heterocycles. The number of aryl methyl sites for hydroxylation is 1. The minimum Gasteiger partial charge on any atom is -0.494 e. The maximum Gasteiger partial charge on any atom is 0.357 e. The third kappa shape index (κ3) is 3.80. The van der Waals surface area contributed by atoms with Gasteiger partial charge in [-0.3, -0.25) is 0 Å². The first kappa shape index (κ1) is 17.0. The lowest BCUT2D eigenvalue weighted by molar-refractivity contribution is 0.0520. The maximum atomic E-state index is 11.7. The topological polar surface area (TPSA) is 78.3 Å². The quantitative estimate of drug-likeness (QED) is 0.679. The zero-order chi connectivity index (χ0) is 17.8. The van der Waals surface area contributed by atoms with E-state index in [-0.39, 0.29) is 0 Å². The number of ether oxygens (including phenoxy) is 2. The van der Waals surface area contributed by atoms with E-state index in [2.05, 4.69) is 15.3 Å². The maximum absolute atomic E-state index is 11.7. The molecule has 0 spiro atoms. The van der Waals surface area contributed by atoms with Gasteiger partial charge in [-0.25, -0.2) is 14.8 Å². The highest BCUT2D eigenvalue weighted by Gasteiger charge is 2.13. The summed E-state index contributed by atoms with van der Waals surface area (Å²) in [4.78, 5) is 20.2. The van der Waals surface area contributed by atoms with Gasteiger partial charge in [0, 0.05) is 23.3 Å². The van der Waals surface area contributed by atoms with Crippen molar-refractivity contribution in [1.29, 1.82) is 0 Å². The van der Waals surface area contributed by atoms with Gasteiger partial charge in [-0.15, -0.1) is 11.3 Å². The molecule has 0 fully saturated rings. The molecule has 7 nitrogen and oxygen atoms in total. The molecule has 25 heavy (non-hydrogen) atoms. The Balaban J connectivity index is 1.81. The van der Waals surface area contributed by atoms with E-state index < -0.39 is 5.97 Å². The number of nitrogens with one attached hydrogen (secondary N) is 1. The Hall–Kier alpha value is -2.87. The van der Waals surface area contributed by atoms with Crippen LogP contribution in [0.25, 0.3) is 5.69 Å². The van der Waals surface area contributed by atoms with Crippen LogP contribution in [0.3, 0.4) is 0 Å². The lowest BCUT2D eigenvalue weighted by Crippen LogP contribution is -2.05. The summed E-state index contributed by atoms with van der Waals surface area (Å²) in [7, 11) is 1.62. The van der Waals surface area contributed by atoms with Gasteiger partial charge in [0.1, 0.15) is 5.75 Å². The third-order valence-electron chi connectivity index (χ3n) is 3.41. The van der Waals surface area contributed by atoms with Crippen LogP contribution in [0.4, 0.5) is 10.8 Å². The first-order valence-electron chi connectivity index (χ1n) is 7.69. The lowest BCUT2D eigenvalue weighted by atomic mass is 10.2. The number of aromatic nitrogens is 3. The van der Waals surface area contributed by atoms with Gasteiger partial charge in [0.15, 0.2) is 10.8 Å². The molecule has 0 atom stereocenters. The first-order valence-corrected chi connectivity index (χ1v) is 8.57. The van der Waals surface area contributed by atoms with Crippen molar-refractivity contribution in [2.75, 3.05) is 19.0 Å². The van der Waals surface area contributed by atoms with Gasteiger partial charge in [0.25, 0.3) is 0 Å². The van der Waals surface area contributed by atoms with Gasteiger partial charge in [0.05, 0.1) is 31.4 Å². The van der Waals surface area contributed by atoms with Crippen LogP contribution in [0.2, 0.25) is 0 Å². The molecule has 0 unspecified atom stereocenters. The molecule has 2 heterocycles. The highest BCUT2D eigenvalue weighted by molar-refractivity contribution is 7.14. The summed E-state index contributed by atoms with van der Waals surface area (Å²) >= 11 is 1.34. The number of carbonyl (C=O) groups excluding carboxylic acids is 1. The highest BCUT2D eigenvalue weighted by atomic mass is 32.1. The zero-order valence-corrected chi connectivity index (χ0v) is 15.0. The van der Waals surface area contributed by atoms with E-state index >= 15 is 0 Å². The second-order valence-corrected chi connectivity index (χ2v) is 6.05. The molecular formula is C17H18N4O3S. The van der Waals surface area contributed by atoms with Crippen LogP contribution >= 0.6 is 11.3 Å². The first-order chi connectivity index (χ1) is 12.1. The molecule has 0 aliphatic rings. The molecule has 0 aliphatic carbocycles. The molecule has 2 aromatic heterocycles. The standard InChI is InChI=1S/C17H18N4O3S/c1-4-24-16(22)13-9-25-17(20-13)19-12-5-6-14(15(7-12)23-3)21-8-11(2)18-10-21/h5-10H,4H2,1-3H3,(H,19,20). The second kappa shape index (κ2) is 7.35. The van der Waals surface area contributed by atoms with Crippen LogP contribution < -0.4 is 10.1 Å². The van der Waals surface area contributed by atoms with E-state index in [0.717, 1.165) is 17.1 Å². The SMILES string of the molecule is CCOC(=O)c1csc(Nc2ccc(-n3cnc(C)c3)c(OC)c2)n1. The van der Waals surface area contributed by atoms with Crippen molar-refractivity contribution in [2.45, 2.75) is 13.8 Å². The number of esters is 1. The average Bonchev–Trinajstić information content (AvgIpc) is 3.24. The van der Waals surface area contributed by atoms with Crippen molar-refractivity contribution in [3.05, 3.63) is 47.5 Å². The van der Waals surface area contributed by atoms with Crippen molar-refractivity contribution in [2.24, 2.45) is 0 Å². The fraction of sp³-hybridized carbons (Fsp3) is 0.235. The number of imidazole rings is 1. The van der Waals surface area contributed by atoms with Crippen LogP contribution in [0, 0.1) is 6.92 Å². The monoisotopic (exact) mass is 358 g/mol. The van der Waals surface area contributed by atoms with E-state index in [1.54, 1.807) is 25.7 Å². The number of rotatable bonds is 6. The Morgan fingerprint density at radius 3 is 2.92 bits per heavy atom. The fourth-order valence-electron chi connectivity index (χ4n) is 2.28. The second-order valence-electron chi connectivity index (χ2n) is 5.19. The summed E-state index contributed by atoms with van der Waals surface area (Å²) < 4.78 is 12.3. The molecule has 1 aromatic carbocycles. The summed E-state index contributed by atoms with van der Waals surface area (Å²) in [6.45, 7) is 4.02. The molecule has 130 valence electrons. The minimum absolute atomic E-state index is 0.298. The number of carbonyl (C=O) groups is 1. The molecule has 0 aliphatic heterocycles. The third-order valence-corrected chi connectivity index (χ3v) is 4.17. The summed E-state index contributed by atoms with van der Waals surface area (Å²) in [6, 6.07) is 5.72. The Morgan fingerprint density at radius 1 is 1.40 bits per heavy atom. The van der Waals surface area contributed by atoms with E-state index in [9.17, 15) is 4.79 Å². The molecule has 0 bridgehead atoms. The molecular weight excluding hydrogens is 340 g/mol. The number of anilines is 2. The largest absolute Gasteiger partial charge is 0.494 e.